The van der Waals surface area contributed by atoms with Gasteiger partial charge in [-0.3, -0.25) is 24.5 Å². The number of anilines is 1. The SMILES string of the molecule is COc1ccc(C(c2ccccc2)(c2ccc(OC)cc2)C(O)[C@H]2O[C@@H](n3cnc4c(=O)[nH]c(NC(=O)C(C)C)nc43)[C@@H](O)[C@@H]2O)cc1. The smallest absolute Gasteiger partial charge is 0.280 e. The molecule has 1 amide bonds. The van der Waals surface area contributed by atoms with Gasteiger partial charge in [0.1, 0.15) is 35.9 Å². The van der Waals surface area contributed by atoms with E-state index in [9.17, 15) is 24.9 Å². The summed E-state index contributed by atoms with van der Waals surface area (Å²) in [5, 5.41) is 38.2. The molecular weight excluding hydrogens is 618 g/mol. The van der Waals surface area contributed by atoms with Crippen molar-refractivity contribution < 1.29 is 34.3 Å². The van der Waals surface area contributed by atoms with E-state index in [2.05, 4.69) is 20.3 Å². The molecule has 250 valence electrons. The van der Waals surface area contributed by atoms with Crippen LogP contribution in [0.25, 0.3) is 11.2 Å². The number of amides is 1. The van der Waals surface area contributed by atoms with Crippen LogP contribution in [0, 0.1) is 5.92 Å². The van der Waals surface area contributed by atoms with Crippen LogP contribution in [0.15, 0.2) is 90.0 Å². The molecule has 0 radical (unpaired) electrons. The third kappa shape index (κ3) is 5.60. The van der Waals surface area contributed by atoms with Crippen LogP contribution in [-0.2, 0) is 14.9 Å². The van der Waals surface area contributed by atoms with E-state index in [1.54, 1.807) is 52.3 Å². The van der Waals surface area contributed by atoms with E-state index in [1.807, 2.05) is 54.6 Å². The average Bonchev–Trinajstić information content (AvgIpc) is 3.66. The summed E-state index contributed by atoms with van der Waals surface area (Å²) < 4.78 is 18.5. The van der Waals surface area contributed by atoms with Crippen LogP contribution in [0.1, 0.15) is 36.8 Å². The van der Waals surface area contributed by atoms with E-state index in [0.717, 1.165) is 0 Å². The van der Waals surface area contributed by atoms with Gasteiger partial charge in [0.15, 0.2) is 17.4 Å². The summed E-state index contributed by atoms with van der Waals surface area (Å²) in [6.45, 7) is 3.39. The number of hydrogen-bond acceptors (Lipinski definition) is 10. The topological polar surface area (TPSA) is 181 Å². The molecule has 0 spiro atoms. The van der Waals surface area contributed by atoms with Crippen molar-refractivity contribution in [3.8, 4) is 11.5 Å². The van der Waals surface area contributed by atoms with Crippen molar-refractivity contribution in [2.75, 3.05) is 19.5 Å². The van der Waals surface area contributed by atoms with E-state index in [1.165, 1.54) is 10.9 Å². The van der Waals surface area contributed by atoms with Gasteiger partial charge < -0.3 is 29.5 Å². The first-order chi connectivity index (χ1) is 23.1. The van der Waals surface area contributed by atoms with Crippen molar-refractivity contribution >= 4 is 23.0 Å². The van der Waals surface area contributed by atoms with Crippen LogP contribution in [0.4, 0.5) is 5.95 Å². The van der Waals surface area contributed by atoms with Crippen LogP contribution in [0.5, 0.6) is 11.5 Å². The normalized spacial score (nSPS) is 20.2. The molecule has 13 nitrogen and oxygen atoms in total. The van der Waals surface area contributed by atoms with Gasteiger partial charge in [0, 0.05) is 5.92 Å². The van der Waals surface area contributed by atoms with E-state index in [4.69, 9.17) is 14.2 Å². The number of nitrogens with zero attached hydrogens (tertiary/aromatic N) is 3. The molecular formula is C35H37N5O8. The molecule has 1 unspecified atom stereocenters. The Morgan fingerprint density at radius 3 is 2.02 bits per heavy atom. The second-order valence-corrected chi connectivity index (χ2v) is 11.9. The van der Waals surface area contributed by atoms with E-state index >= 15 is 0 Å². The van der Waals surface area contributed by atoms with E-state index in [0.29, 0.717) is 28.2 Å². The first-order valence-electron chi connectivity index (χ1n) is 15.4. The van der Waals surface area contributed by atoms with Crippen molar-refractivity contribution in [1.29, 1.82) is 0 Å². The Morgan fingerprint density at radius 2 is 1.48 bits per heavy atom. The lowest BCUT2D eigenvalue weighted by Crippen LogP contribution is -2.52. The molecule has 3 aromatic carbocycles. The maximum Gasteiger partial charge on any atom is 0.280 e. The highest BCUT2D eigenvalue weighted by molar-refractivity contribution is 5.91. The fraction of sp³-hybridized carbons (Fsp3) is 0.314. The van der Waals surface area contributed by atoms with Gasteiger partial charge in [-0.1, -0.05) is 68.4 Å². The number of benzene rings is 3. The van der Waals surface area contributed by atoms with E-state index < -0.39 is 41.6 Å². The number of carbonyl (C=O) groups excluding carboxylic acids is 1. The van der Waals surface area contributed by atoms with Crippen LogP contribution >= 0.6 is 0 Å². The van der Waals surface area contributed by atoms with Crippen molar-refractivity contribution in [3.05, 3.63) is 112 Å². The number of methoxy groups -OCH3 is 2. The largest absolute Gasteiger partial charge is 0.497 e. The molecule has 13 heteroatoms. The summed E-state index contributed by atoms with van der Waals surface area (Å²) in [5.74, 6) is 0.356. The highest BCUT2D eigenvalue weighted by Crippen LogP contribution is 2.47. The lowest BCUT2D eigenvalue weighted by Gasteiger charge is -2.42. The minimum atomic E-state index is -1.59. The molecule has 0 aliphatic carbocycles. The fourth-order valence-corrected chi connectivity index (χ4v) is 6.28. The quantitative estimate of drug-likeness (QED) is 0.140. The van der Waals surface area contributed by atoms with Crippen molar-refractivity contribution in [2.24, 2.45) is 5.92 Å². The highest BCUT2D eigenvalue weighted by Gasteiger charge is 2.55. The van der Waals surface area contributed by atoms with Gasteiger partial charge in [-0.05, 0) is 41.0 Å². The summed E-state index contributed by atoms with van der Waals surface area (Å²) in [4.78, 5) is 36.2. The van der Waals surface area contributed by atoms with E-state index in [-0.39, 0.29) is 28.9 Å². The van der Waals surface area contributed by atoms with Gasteiger partial charge in [-0.2, -0.15) is 4.98 Å². The lowest BCUT2D eigenvalue weighted by molar-refractivity contribution is -0.118. The summed E-state index contributed by atoms with van der Waals surface area (Å²) in [7, 11) is 3.12. The number of H-pyrrole nitrogens is 1. The number of aromatic nitrogens is 4. The molecule has 1 aliphatic heterocycles. The van der Waals surface area contributed by atoms with Gasteiger partial charge in [0.05, 0.1) is 26.0 Å². The zero-order valence-electron chi connectivity index (χ0n) is 26.8. The molecule has 48 heavy (non-hydrogen) atoms. The molecule has 2 aromatic heterocycles. The Morgan fingerprint density at radius 1 is 0.917 bits per heavy atom. The predicted octanol–water partition coefficient (Wildman–Crippen LogP) is 2.75. The van der Waals surface area contributed by atoms with Gasteiger partial charge in [-0.25, -0.2) is 4.98 Å². The Balaban J connectivity index is 1.48. The zero-order valence-corrected chi connectivity index (χ0v) is 26.8. The minimum absolute atomic E-state index is 0.00354. The lowest BCUT2D eigenvalue weighted by atomic mass is 9.64. The zero-order chi connectivity index (χ0) is 34.2. The number of aliphatic hydroxyl groups is 3. The van der Waals surface area contributed by atoms with Crippen LogP contribution < -0.4 is 20.3 Å². The monoisotopic (exact) mass is 655 g/mol. The summed E-state index contributed by atoms with van der Waals surface area (Å²) >= 11 is 0. The molecule has 5 N–H and O–H groups in total. The second-order valence-electron chi connectivity index (χ2n) is 11.9. The number of hydrogen-bond donors (Lipinski definition) is 5. The van der Waals surface area contributed by atoms with Crippen molar-refractivity contribution in [2.45, 2.75) is 49.9 Å². The fourth-order valence-electron chi connectivity index (χ4n) is 6.28. The van der Waals surface area contributed by atoms with Crippen LogP contribution in [0.3, 0.4) is 0 Å². The summed E-state index contributed by atoms with van der Waals surface area (Å²) in [5.41, 5.74) is -0.0232. The first kappa shape index (κ1) is 32.8. The number of nitrogens with one attached hydrogen (secondary N) is 2. The van der Waals surface area contributed by atoms with Crippen LogP contribution in [0.2, 0.25) is 0 Å². The standard InChI is InChI=1S/C35H37N5O8/c1-19(2)31(44)38-34-37-30-25(32(45)39-34)36-18-40(30)33-27(42)26(41)28(48-33)29(43)35(20-8-6-5-7-9-20,21-10-14-23(46-3)15-11-21)22-12-16-24(47-4)17-13-22/h5-19,26-29,33,41-43H,1-4H3,(H2,37,38,39,44,45)/t26-,27-,28-,29?,33+/m0/s1. The Bertz CT molecular complexity index is 1890. The summed E-state index contributed by atoms with van der Waals surface area (Å²) in [6.07, 6.45) is -6.08. The molecule has 6 rings (SSSR count). The first-order valence-corrected chi connectivity index (χ1v) is 15.4. The number of ether oxygens (including phenoxy) is 3. The number of carbonyl (C=O) groups is 1. The molecule has 1 saturated heterocycles. The average molecular weight is 656 g/mol. The summed E-state index contributed by atoms with van der Waals surface area (Å²) in [6, 6.07) is 23.8. The Labute approximate surface area is 275 Å². The number of aliphatic hydroxyl groups excluding tert-OH is 3. The molecule has 3 heterocycles. The van der Waals surface area contributed by atoms with Crippen molar-refractivity contribution in [3.63, 3.8) is 0 Å². The number of imidazole rings is 1. The highest BCUT2D eigenvalue weighted by atomic mass is 16.6. The minimum Gasteiger partial charge on any atom is -0.497 e. The molecule has 0 bridgehead atoms. The molecule has 1 fully saturated rings. The van der Waals surface area contributed by atoms with Crippen molar-refractivity contribution in [1.82, 2.24) is 19.5 Å². The van der Waals surface area contributed by atoms with Gasteiger partial charge >= 0.3 is 0 Å². The molecule has 5 aromatic rings. The van der Waals surface area contributed by atoms with Gasteiger partial charge in [0.2, 0.25) is 11.9 Å². The van der Waals surface area contributed by atoms with Gasteiger partial charge in [0.25, 0.3) is 5.56 Å². The number of rotatable bonds is 10. The molecule has 0 saturated carbocycles. The third-order valence-corrected chi connectivity index (χ3v) is 8.82. The maximum absolute atomic E-state index is 12.9. The number of fused-ring (bicyclic) bond motifs is 1. The second kappa shape index (κ2) is 13.2. The Kier molecular flexibility index (Phi) is 9.03. The van der Waals surface area contributed by atoms with Gasteiger partial charge in [-0.15, -0.1) is 0 Å². The molecule has 1 aliphatic rings. The maximum atomic E-state index is 12.9. The predicted molar refractivity (Wildman–Crippen MR) is 176 cm³/mol. The molecule has 5 atom stereocenters. The Hall–Kier alpha value is -5.08. The number of aromatic amines is 1. The van der Waals surface area contributed by atoms with Crippen LogP contribution in [-0.4, -0.2) is 79.4 Å². The third-order valence-electron chi connectivity index (χ3n) is 8.82.